The fourth-order valence-electron chi connectivity index (χ4n) is 3.12. The Morgan fingerprint density at radius 1 is 1.48 bits per heavy atom. The molecule has 1 unspecified atom stereocenters. The third kappa shape index (κ3) is 3.04. The summed E-state index contributed by atoms with van der Waals surface area (Å²) in [4.78, 5) is 1.98. The first-order valence-corrected chi connectivity index (χ1v) is 8.10. The van der Waals surface area contributed by atoms with Crippen molar-refractivity contribution in [2.24, 2.45) is 5.41 Å². The van der Waals surface area contributed by atoms with Crippen molar-refractivity contribution >= 4 is 11.3 Å². The van der Waals surface area contributed by atoms with Gasteiger partial charge in [0.2, 0.25) is 0 Å². The zero-order valence-corrected chi connectivity index (χ0v) is 13.5. The number of hydrogen-bond donors (Lipinski definition) is 1. The summed E-state index contributed by atoms with van der Waals surface area (Å²) in [6, 6.07) is 8.61. The number of nitriles is 1. The first-order valence-electron chi connectivity index (χ1n) is 7.28. The van der Waals surface area contributed by atoms with Crippen molar-refractivity contribution in [3.63, 3.8) is 0 Å². The molecule has 1 aliphatic carbocycles. The first kappa shape index (κ1) is 14.4. The second kappa shape index (κ2) is 5.32. The maximum atomic E-state index is 8.90. The summed E-state index contributed by atoms with van der Waals surface area (Å²) in [5, 5.41) is 12.5. The van der Waals surface area contributed by atoms with E-state index in [0.29, 0.717) is 6.04 Å². The van der Waals surface area contributed by atoms with E-state index >= 15 is 0 Å². The molecule has 0 bridgehead atoms. The van der Waals surface area contributed by atoms with Crippen LogP contribution >= 0.6 is 11.3 Å². The fraction of sp³-hybridized carbons (Fsp3) is 0.471. The van der Waals surface area contributed by atoms with E-state index in [1.807, 2.05) is 19.1 Å². The summed E-state index contributed by atoms with van der Waals surface area (Å²) in [6.45, 7) is 7.40. The van der Waals surface area contributed by atoms with Crippen molar-refractivity contribution in [1.29, 1.82) is 5.26 Å². The summed E-state index contributed by atoms with van der Waals surface area (Å²) >= 11 is 1.56. The van der Waals surface area contributed by atoms with Gasteiger partial charge in [-0.2, -0.15) is 5.26 Å². The average Bonchev–Trinajstić information content (AvgIpc) is 3.00. The minimum absolute atomic E-state index is 0.252. The van der Waals surface area contributed by atoms with Crippen molar-refractivity contribution in [3.05, 3.63) is 45.0 Å². The summed E-state index contributed by atoms with van der Waals surface area (Å²) in [5.41, 5.74) is 1.56. The van der Waals surface area contributed by atoms with Crippen molar-refractivity contribution in [2.75, 3.05) is 0 Å². The summed E-state index contributed by atoms with van der Waals surface area (Å²) in [7, 11) is 0. The van der Waals surface area contributed by atoms with Crippen molar-refractivity contribution in [3.8, 4) is 6.07 Å². The molecule has 0 aliphatic heterocycles. The molecule has 0 saturated heterocycles. The molecule has 110 valence electrons. The van der Waals surface area contributed by atoms with Crippen molar-refractivity contribution in [2.45, 2.75) is 46.2 Å². The molecule has 1 aliphatic rings. The normalized spacial score (nSPS) is 20.0. The molecular weight excluding hydrogens is 280 g/mol. The molecule has 0 aromatic carbocycles. The number of rotatable bonds is 3. The second-order valence-electron chi connectivity index (χ2n) is 6.59. The Labute approximate surface area is 129 Å². The van der Waals surface area contributed by atoms with Gasteiger partial charge < -0.3 is 9.73 Å². The van der Waals surface area contributed by atoms with Crippen LogP contribution in [-0.2, 0) is 13.0 Å². The molecule has 2 heterocycles. The molecule has 0 spiro atoms. The lowest BCUT2D eigenvalue weighted by atomic mass is 9.75. The molecule has 2 aromatic heterocycles. The van der Waals surface area contributed by atoms with Gasteiger partial charge in [-0.25, -0.2) is 0 Å². The SMILES string of the molecule is Cc1cc2c(o1)CC(C)(C)CC2NCc1ccc(C#N)s1. The molecule has 0 radical (unpaired) electrons. The largest absolute Gasteiger partial charge is 0.466 e. The van der Waals surface area contributed by atoms with Crippen LogP contribution in [-0.4, -0.2) is 0 Å². The summed E-state index contributed by atoms with van der Waals surface area (Å²) in [6.07, 6.45) is 2.11. The van der Waals surface area contributed by atoms with Crippen LogP contribution in [0.25, 0.3) is 0 Å². The zero-order chi connectivity index (χ0) is 15.0. The quantitative estimate of drug-likeness (QED) is 0.918. The monoisotopic (exact) mass is 300 g/mol. The van der Waals surface area contributed by atoms with E-state index in [2.05, 4.69) is 31.3 Å². The standard InChI is InChI=1S/C17H20N2OS/c1-11-6-14-15(7-17(2,3)8-16(14)20-11)19-10-13-5-4-12(9-18)21-13/h4-6,15,19H,7-8,10H2,1-3H3. The molecule has 2 aromatic rings. The molecule has 3 rings (SSSR count). The molecule has 1 N–H and O–H groups in total. The van der Waals surface area contributed by atoms with Gasteiger partial charge >= 0.3 is 0 Å². The van der Waals surface area contributed by atoms with Crippen LogP contribution in [0.15, 0.2) is 22.6 Å². The second-order valence-corrected chi connectivity index (χ2v) is 7.76. The molecule has 0 saturated carbocycles. The van der Waals surface area contributed by atoms with Crippen LogP contribution in [0, 0.1) is 23.7 Å². The number of furan rings is 1. The minimum Gasteiger partial charge on any atom is -0.466 e. The number of aryl methyl sites for hydroxylation is 1. The molecule has 3 nitrogen and oxygen atoms in total. The highest BCUT2D eigenvalue weighted by Gasteiger charge is 2.34. The number of thiophene rings is 1. The van der Waals surface area contributed by atoms with E-state index in [9.17, 15) is 0 Å². The van der Waals surface area contributed by atoms with Crippen LogP contribution in [0.3, 0.4) is 0 Å². The van der Waals surface area contributed by atoms with Crippen LogP contribution in [0.4, 0.5) is 0 Å². The van der Waals surface area contributed by atoms with Gasteiger partial charge in [0.1, 0.15) is 22.5 Å². The van der Waals surface area contributed by atoms with E-state index in [0.717, 1.165) is 35.8 Å². The number of hydrogen-bond acceptors (Lipinski definition) is 4. The van der Waals surface area contributed by atoms with E-state index in [4.69, 9.17) is 9.68 Å². The van der Waals surface area contributed by atoms with Gasteiger partial charge in [-0.1, -0.05) is 13.8 Å². The Morgan fingerprint density at radius 2 is 2.29 bits per heavy atom. The van der Waals surface area contributed by atoms with E-state index in [1.54, 1.807) is 11.3 Å². The lowest BCUT2D eigenvalue weighted by Gasteiger charge is -2.34. The highest BCUT2D eigenvalue weighted by atomic mass is 32.1. The van der Waals surface area contributed by atoms with Gasteiger partial charge in [0.25, 0.3) is 0 Å². The maximum absolute atomic E-state index is 8.90. The summed E-state index contributed by atoms with van der Waals surface area (Å²) in [5.74, 6) is 2.12. The Balaban J connectivity index is 1.77. The molecule has 4 heteroatoms. The Morgan fingerprint density at radius 3 is 3.00 bits per heavy atom. The fourth-order valence-corrected chi connectivity index (χ4v) is 3.88. The molecular formula is C17H20N2OS. The van der Waals surface area contributed by atoms with Gasteiger partial charge in [-0.15, -0.1) is 11.3 Å². The lowest BCUT2D eigenvalue weighted by molar-refractivity contribution is 0.234. The average molecular weight is 300 g/mol. The van der Waals surface area contributed by atoms with Crippen molar-refractivity contribution in [1.82, 2.24) is 5.32 Å². The zero-order valence-electron chi connectivity index (χ0n) is 12.7. The Bertz CT molecular complexity index is 690. The molecule has 1 atom stereocenters. The molecule has 0 fully saturated rings. The highest BCUT2D eigenvalue weighted by molar-refractivity contribution is 7.12. The summed E-state index contributed by atoms with van der Waals surface area (Å²) < 4.78 is 5.86. The number of nitrogens with one attached hydrogen (secondary N) is 1. The van der Waals surface area contributed by atoms with E-state index in [1.165, 1.54) is 10.4 Å². The smallest absolute Gasteiger partial charge is 0.110 e. The van der Waals surface area contributed by atoms with Gasteiger partial charge in [0.15, 0.2) is 0 Å². The molecule has 21 heavy (non-hydrogen) atoms. The first-order chi connectivity index (χ1) is 9.97. The third-order valence-electron chi connectivity index (χ3n) is 4.03. The van der Waals surface area contributed by atoms with Crippen LogP contribution in [0.2, 0.25) is 0 Å². The van der Waals surface area contributed by atoms with Gasteiger partial charge in [-0.3, -0.25) is 0 Å². The van der Waals surface area contributed by atoms with E-state index in [-0.39, 0.29) is 5.41 Å². The Kier molecular flexibility index (Phi) is 3.64. The van der Waals surface area contributed by atoms with Crippen molar-refractivity contribution < 1.29 is 4.42 Å². The lowest BCUT2D eigenvalue weighted by Crippen LogP contribution is -2.32. The third-order valence-corrected chi connectivity index (χ3v) is 5.02. The van der Waals surface area contributed by atoms with Crippen LogP contribution in [0.5, 0.6) is 0 Å². The van der Waals surface area contributed by atoms with Crippen LogP contribution < -0.4 is 5.32 Å². The van der Waals surface area contributed by atoms with E-state index < -0.39 is 0 Å². The molecule has 0 amide bonds. The predicted molar refractivity (Wildman–Crippen MR) is 84.2 cm³/mol. The maximum Gasteiger partial charge on any atom is 0.110 e. The topological polar surface area (TPSA) is 49.0 Å². The highest BCUT2D eigenvalue weighted by Crippen LogP contribution is 2.42. The minimum atomic E-state index is 0.252. The number of nitrogens with zero attached hydrogens (tertiary/aromatic N) is 1. The Hall–Kier alpha value is -1.57. The van der Waals surface area contributed by atoms with Gasteiger partial charge in [-0.05, 0) is 37.0 Å². The predicted octanol–water partition coefficient (Wildman–Crippen LogP) is 4.32. The van der Waals surface area contributed by atoms with Crippen LogP contribution in [0.1, 0.15) is 53.1 Å². The van der Waals surface area contributed by atoms with Gasteiger partial charge in [0, 0.05) is 29.4 Å². The number of fused-ring (bicyclic) bond motifs is 1. The van der Waals surface area contributed by atoms with Gasteiger partial charge in [0.05, 0.1) is 0 Å².